The molecule has 7 heteroatoms. The van der Waals surface area contributed by atoms with Gasteiger partial charge in [0.15, 0.2) is 0 Å². The molecule has 0 aliphatic heterocycles. The Bertz CT molecular complexity index is 332. The minimum Gasteiger partial charge on any atom is -0.398 e. The van der Waals surface area contributed by atoms with Crippen LogP contribution in [0.2, 0.25) is 0 Å². The third-order valence-electron chi connectivity index (χ3n) is 1.72. The summed E-state index contributed by atoms with van der Waals surface area (Å²) in [5.41, 5.74) is 0.572. The van der Waals surface area contributed by atoms with Crippen LogP contribution in [0.25, 0.3) is 0 Å². The average Bonchev–Trinajstić information content (AvgIpc) is 1.99. The molecule has 0 aliphatic carbocycles. The van der Waals surface area contributed by atoms with Crippen LogP contribution >= 0.6 is 0 Å². The standard InChI is InChI=1S/C8H5F6N/c9-7(10,11)4-2-1-3-5(6(4)15)8(12,13)14/h1-3H,15H2. The van der Waals surface area contributed by atoms with Crippen LogP contribution in [0, 0.1) is 0 Å². The van der Waals surface area contributed by atoms with Crippen LogP contribution in [0.4, 0.5) is 32.0 Å². The first kappa shape index (κ1) is 11.7. The van der Waals surface area contributed by atoms with Crippen molar-refractivity contribution in [1.82, 2.24) is 0 Å². The van der Waals surface area contributed by atoms with Gasteiger partial charge in [0, 0.05) is 0 Å². The Balaban J connectivity index is 3.37. The lowest BCUT2D eigenvalue weighted by molar-refractivity contribution is -0.141. The lowest BCUT2D eigenvalue weighted by atomic mass is 10.1. The smallest absolute Gasteiger partial charge is 0.398 e. The van der Waals surface area contributed by atoms with E-state index < -0.39 is 29.2 Å². The van der Waals surface area contributed by atoms with Crippen molar-refractivity contribution in [3.05, 3.63) is 29.3 Å². The van der Waals surface area contributed by atoms with E-state index in [1.54, 1.807) is 0 Å². The number of anilines is 1. The van der Waals surface area contributed by atoms with Gasteiger partial charge in [0.05, 0.1) is 16.8 Å². The van der Waals surface area contributed by atoms with Crippen molar-refractivity contribution < 1.29 is 26.3 Å². The maximum Gasteiger partial charge on any atom is 0.418 e. The Hall–Kier alpha value is -1.40. The largest absolute Gasteiger partial charge is 0.418 e. The number of alkyl halides is 6. The van der Waals surface area contributed by atoms with Crippen molar-refractivity contribution in [2.24, 2.45) is 0 Å². The van der Waals surface area contributed by atoms with Gasteiger partial charge in [0.25, 0.3) is 0 Å². The number of para-hydroxylation sites is 1. The van der Waals surface area contributed by atoms with Crippen LogP contribution in [-0.2, 0) is 12.4 Å². The van der Waals surface area contributed by atoms with E-state index in [0.29, 0.717) is 18.2 Å². The molecular weight excluding hydrogens is 224 g/mol. The van der Waals surface area contributed by atoms with Crippen LogP contribution in [0.3, 0.4) is 0 Å². The lowest BCUT2D eigenvalue weighted by Crippen LogP contribution is -2.15. The monoisotopic (exact) mass is 229 g/mol. The van der Waals surface area contributed by atoms with E-state index in [1.165, 1.54) is 0 Å². The molecule has 0 saturated heterocycles. The van der Waals surface area contributed by atoms with Gasteiger partial charge >= 0.3 is 12.4 Å². The summed E-state index contributed by atoms with van der Waals surface area (Å²) in [6, 6.07) is 1.68. The first-order valence-corrected chi connectivity index (χ1v) is 3.67. The van der Waals surface area contributed by atoms with E-state index in [1.807, 2.05) is 0 Å². The van der Waals surface area contributed by atoms with Crippen LogP contribution in [0.15, 0.2) is 18.2 Å². The fourth-order valence-electron chi connectivity index (χ4n) is 1.06. The number of hydrogen-bond donors (Lipinski definition) is 1. The lowest BCUT2D eigenvalue weighted by Gasteiger charge is -2.15. The molecule has 1 aromatic carbocycles. The highest BCUT2D eigenvalue weighted by atomic mass is 19.4. The highest BCUT2D eigenvalue weighted by Gasteiger charge is 2.39. The van der Waals surface area contributed by atoms with E-state index in [4.69, 9.17) is 5.73 Å². The first-order chi connectivity index (χ1) is 6.64. The van der Waals surface area contributed by atoms with Gasteiger partial charge in [-0.1, -0.05) is 6.07 Å². The number of hydrogen-bond acceptors (Lipinski definition) is 1. The minimum absolute atomic E-state index is 0.505. The summed E-state index contributed by atoms with van der Waals surface area (Å²) in [5, 5.41) is 0. The Labute approximate surface area is 80.5 Å². The highest BCUT2D eigenvalue weighted by Crippen LogP contribution is 2.40. The summed E-state index contributed by atoms with van der Waals surface area (Å²) in [5.74, 6) is 0. The molecule has 0 spiro atoms. The zero-order valence-corrected chi connectivity index (χ0v) is 7.08. The SMILES string of the molecule is Nc1c(C(F)(F)F)cccc1C(F)(F)F. The molecule has 0 saturated carbocycles. The van der Waals surface area contributed by atoms with Crippen molar-refractivity contribution in [3.8, 4) is 0 Å². The first-order valence-electron chi connectivity index (χ1n) is 3.67. The van der Waals surface area contributed by atoms with Crippen LogP contribution < -0.4 is 5.73 Å². The molecular formula is C8H5F6N. The normalized spacial score (nSPS) is 12.9. The number of nitrogen functional groups attached to an aromatic ring is 1. The highest BCUT2D eigenvalue weighted by molar-refractivity contribution is 5.56. The number of halogens is 6. The molecule has 15 heavy (non-hydrogen) atoms. The van der Waals surface area contributed by atoms with Crippen molar-refractivity contribution >= 4 is 5.69 Å². The molecule has 1 nitrogen and oxygen atoms in total. The molecule has 0 aromatic heterocycles. The molecule has 0 aliphatic rings. The Morgan fingerprint density at radius 2 is 1.13 bits per heavy atom. The quantitative estimate of drug-likeness (QED) is 0.536. The molecule has 0 amide bonds. The van der Waals surface area contributed by atoms with Gasteiger partial charge in [-0.15, -0.1) is 0 Å². The maximum atomic E-state index is 12.2. The van der Waals surface area contributed by atoms with Crippen molar-refractivity contribution in [3.63, 3.8) is 0 Å². The van der Waals surface area contributed by atoms with E-state index in [2.05, 4.69) is 0 Å². The number of nitrogens with two attached hydrogens (primary N) is 1. The van der Waals surface area contributed by atoms with Gasteiger partial charge in [0.1, 0.15) is 0 Å². The maximum absolute atomic E-state index is 12.2. The zero-order chi connectivity index (χ0) is 11.9. The Kier molecular flexibility index (Phi) is 2.58. The third-order valence-corrected chi connectivity index (χ3v) is 1.72. The number of rotatable bonds is 0. The van der Waals surface area contributed by atoms with Crippen LogP contribution in [0.1, 0.15) is 11.1 Å². The molecule has 0 radical (unpaired) electrons. The molecule has 2 N–H and O–H groups in total. The van der Waals surface area contributed by atoms with Crippen molar-refractivity contribution in [2.45, 2.75) is 12.4 Å². The Morgan fingerprint density at radius 3 is 1.40 bits per heavy atom. The summed E-state index contributed by atoms with van der Waals surface area (Å²) in [6.07, 6.45) is -9.77. The second-order valence-electron chi connectivity index (χ2n) is 2.76. The Morgan fingerprint density at radius 1 is 0.800 bits per heavy atom. The summed E-state index contributed by atoms with van der Waals surface area (Å²) in [7, 11) is 0. The van der Waals surface area contributed by atoms with E-state index in [0.717, 1.165) is 0 Å². The average molecular weight is 229 g/mol. The molecule has 0 unspecified atom stereocenters. The molecule has 0 atom stereocenters. The molecule has 0 fully saturated rings. The second-order valence-corrected chi connectivity index (χ2v) is 2.76. The van der Waals surface area contributed by atoms with Gasteiger partial charge in [0.2, 0.25) is 0 Å². The van der Waals surface area contributed by atoms with Gasteiger partial charge in [-0.05, 0) is 12.1 Å². The fourth-order valence-corrected chi connectivity index (χ4v) is 1.06. The molecule has 1 rings (SSSR count). The summed E-state index contributed by atoms with van der Waals surface area (Å²) >= 11 is 0. The zero-order valence-electron chi connectivity index (χ0n) is 7.08. The predicted molar refractivity (Wildman–Crippen MR) is 40.9 cm³/mol. The van der Waals surface area contributed by atoms with Crippen LogP contribution in [-0.4, -0.2) is 0 Å². The minimum atomic E-state index is -4.88. The summed E-state index contributed by atoms with van der Waals surface area (Å²) < 4.78 is 73.0. The summed E-state index contributed by atoms with van der Waals surface area (Å²) in [6.45, 7) is 0. The second kappa shape index (κ2) is 3.32. The topological polar surface area (TPSA) is 26.0 Å². The molecule has 1 aromatic rings. The van der Waals surface area contributed by atoms with Crippen molar-refractivity contribution in [2.75, 3.05) is 5.73 Å². The van der Waals surface area contributed by atoms with E-state index >= 15 is 0 Å². The fraction of sp³-hybridized carbons (Fsp3) is 0.250. The molecule has 0 bridgehead atoms. The van der Waals surface area contributed by atoms with Gasteiger partial charge < -0.3 is 5.73 Å². The predicted octanol–water partition coefficient (Wildman–Crippen LogP) is 3.31. The van der Waals surface area contributed by atoms with Crippen molar-refractivity contribution in [1.29, 1.82) is 0 Å². The summed E-state index contributed by atoms with van der Waals surface area (Å²) in [4.78, 5) is 0. The van der Waals surface area contributed by atoms with E-state index in [9.17, 15) is 26.3 Å². The van der Waals surface area contributed by atoms with Gasteiger partial charge in [-0.3, -0.25) is 0 Å². The molecule has 84 valence electrons. The van der Waals surface area contributed by atoms with Gasteiger partial charge in [-0.2, -0.15) is 26.3 Å². The van der Waals surface area contributed by atoms with Gasteiger partial charge in [-0.25, -0.2) is 0 Å². The van der Waals surface area contributed by atoms with E-state index in [-0.39, 0.29) is 0 Å². The number of benzene rings is 1. The van der Waals surface area contributed by atoms with Crippen LogP contribution in [0.5, 0.6) is 0 Å². The molecule has 0 heterocycles. The third kappa shape index (κ3) is 2.34.